The summed E-state index contributed by atoms with van der Waals surface area (Å²) in [6.07, 6.45) is 1.38. The summed E-state index contributed by atoms with van der Waals surface area (Å²) in [5.41, 5.74) is 2.38. The van der Waals surface area contributed by atoms with Gasteiger partial charge in [-0.2, -0.15) is 5.26 Å². The quantitative estimate of drug-likeness (QED) is 0.531. The number of hydrogen-bond acceptors (Lipinski definition) is 8. The fraction of sp³-hybridized carbons (Fsp3) is 0.348. The minimum absolute atomic E-state index is 0.144. The third kappa shape index (κ3) is 5.35. The number of nitrogens with one attached hydrogen (secondary N) is 2. The molecular weight excluding hydrogens is 456 g/mol. The number of hydrogen-bond donors (Lipinski definition) is 2. The third-order valence-electron chi connectivity index (χ3n) is 5.44. The zero-order valence-corrected chi connectivity index (χ0v) is 19.7. The summed E-state index contributed by atoms with van der Waals surface area (Å²) in [7, 11) is 1.60. The molecule has 4 rings (SSSR count). The van der Waals surface area contributed by atoms with Crippen molar-refractivity contribution in [3.63, 3.8) is 0 Å². The number of fused-ring (bicyclic) bond motifs is 1. The molecule has 1 aliphatic heterocycles. The molecule has 10 nitrogen and oxygen atoms in total. The first kappa shape index (κ1) is 23.3. The Morgan fingerprint density at radius 3 is 2.94 bits per heavy atom. The molecule has 2 aromatic heterocycles. The molecule has 1 aliphatic rings. The number of ether oxygens (including phenoxy) is 1. The van der Waals surface area contributed by atoms with Crippen LogP contribution >= 0.6 is 11.3 Å². The monoisotopic (exact) mass is 480 g/mol. The number of nitrogens with zero attached hydrogens (tertiary/aromatic N) is 4. The standard InChI is InChI=1S/C23H24N6O4S/c1-14-27-28-21(33-14)12-25-23(31)29-9-8-17-18(11-24)22(34-19(17)13-29)26-20(30)7-6-15-4-3-5-16(10-15)32-2/h3-5,10H,6-9,12-13H2,1-2H3,(H,25,31)(H,26,30). The molecule has 0 aliphatic carbocycles. The van der Waals surface area contributed by atoms with Gasteiger partial charge in [0.05, 0.1) is 25.8 Å². The van der Waals surface area contributed by atoms with Crippen LogP contribution in [0.15, 0.2) is 28.7 Å². The van der Waals surface area contributed by atoms with E-state index in [0.29, 0.717) is 48.3 Å². The second kappa shape index (κ2) is 10.4. The molecule has 1 aromatic carbocycles. The zero-order valence-electron chi connectivity index (χ0n) is 18.9. The highest BCUT2D eigenvalue weighted by molar-refractivity contribution is 7.16. The number of carbonyl (C=O) groups excluding carboxylic acids is 2. The van der Waals surface area contributed by atoms with Gasteiger partial charge in [-0.25, -0.2) is 4.79 Å². The number of methoxy groups -OCH3 is 1. The second-order valence-electron chi connectivity index (χ2n) is 7.76. The van der Waals surface area contributed by atoms with Gasteiger partial charge in [0, 0.05) is 24.8 Å². The predicted octanol–water partition coefficient (Wildman–Crippen LogP) is 3.16. The van der Waals surface area contributed by atoms with E-state index >= 15 is 0 Å². The molecule has 3 aromatic rings. The molecule has 11 heteroatoms. The molecule has 3 amide bonds. The molecule has 0 fully saturated rings. The first-order chi connectivity index (χ1) is 16.5. The lowest BCUT2D eigenvalue weighted by molar-refractivity contribution is -0.116. The number of nitriles is 1. The van der Waals surface area contributed by atoms with E-state index in [1.807, 2.05) is 24.3 Å². The van der Waals surface area contributed by atoms with Gasteiger partial charge in [-0.05, 0) is 36.1 Å². The van der Waals surface area contributed by atoms with Gasteiger partial charge in [0.15, 0.2) is 0 Å². The van der Waals surface area contributed by atoms with E-state index in [0.717, 1.165) is 21.8 Å². The molecular formula is C23H24N6O4S. The van der Waals surface area contributed by atoms with Gasteiger partial charge in [0.25, 0.3) is 0 Å². The van der Waals surface area contributed by atoms with E-state index in [9.17, 15) is 14.9 Å². The summed E-state index contributed by atoms with van der Waals surface area (Å²) in [4.78, 5) is 27.7. The van der Waals surface area contributed by atoms with Crippen molar-refractivity contribution in [3.05, 3.63) is 57.6 Å². The van der Waals surface area contributed by atoms with Crippen molar-refractivity contribution in [1.29, 1.82) is 5.26 Å². The molecule has 0 bridgehead atoms. The normalized spacial score (nSPS) is 12.6. The van der Waals surface area contributed by atoms with Gasteiger partial charge in [-0.15, -0.1) is 21.5 Å². The van der Waals surface area contributed by atoms with Crippen LogP contribution in [0.4, 0.5) is 9.80 Å². The Kier molecular flexibility index (Phi) is 7.08. The maximum atomic E-state index is 12.6. The average Bonchev–Trinajstić information content (AvgIpc) is 3.42. The Morgan fingerprint density at radius 1 is 1.35 bits per heavy atom. The average molecular weight is 481 g/mol. The van der Waals surface area contributed by atoms with Crippen molar-refractivity contribution < 1.29 is 18.7 Å². The van der Waals surface area contributed by atoms with Crippen LogP contribution in [0.2, 0.25) is 0 Å². The Labute approximate surface area is 200 Å². The number of benzene rings is 1. The predicted molar refractivity (Wildman–Crippen MR) is 124 cm³/mol. The number of anilines is 1. The second-order valence-corrected chi connectivity index (χ2v) is 8.87. The number of carbonyl (C=O) groups is 2. The van der Waals surface area contributed by atoms with Crippen molar-refractivity contribution >= 4 is 28.3 Å². The van der Waals surface area contributed by atoms with Crippen molar-refractivity contribution in [2.75, 3.05) is 19.0 Å². The number of aryl methyl sites for hydroxylation is 2. The van der Waals surface area contributed by atoms with Gasteiger partial charge >= 0.3 is 6.03 Å². The molecule has 0 radical (unpaired) electrons. The van der Waals surface area contributed by atoms with Crippen LogP contribution in [0.3, 0.4) is 0 Å². The highest BCUT2D eigenvalue weighted by Gasteiger charge is 2.27. The van der Waals surface area contributed by atoms with Crippen LogP contribution in [-0.2, 0) is 30.7 Å². The van der Waals surface area contributed by atoms with E-state index in [-0.39, 0.29) is 24.9 Å². The lowest BCUT2D eigenvalue weighted by atomic mass is 10.0. The fourth-order valence-corrected chi connectivity index (χ4v) is 4.96. The van der Waals surface area contributed by atoms with Gasteiger partial charge in [-0.1, -0.05) is 12.1 Å². The van der Waals surface area contributed by atoms with Gasteiger partial charge in [0.2, 0.25) is 17.7 Å². The van der Waals surface area contributed by atoms with E-state index < -0.39 is 0 Å². The van der Waals surface area contributed by atoms with Gasteiger partial charge < -0.3 is 24.7 Å². The summed E-state index contributed by atoms with van der Waals surface area (Å²) in [6.45, 7) is 2.66. The maximum absolute atomic E-state index is 12.6. The fourth-order valence-electron chi connectivity index (χ4n) is 3.73. The Balaban J connectivity index is 1.36. The SMILES string of the molecule is COc1cccc(CCC(=O)Nc2sc3c(c2C#N)CCN(C(=O)NCc2nnc(C)o2)C3)c1. The number of rotatable bonds is 7. The molecule has 0 saturated heterocycles. The molecule has 34 heavy (non-hydrogen) atoms. The molecule has 0 saturated carbocycles. The summed E-state index contributed by atoms with van der Waals surface area (Å²) < 4.78 is 10.5. The van der Waals surface area contributed by atoms with Crippen LogP contribution in [0.25, 0.3) is 0 Å². The molecule has 0 unspecified atom stereocenters. The summed E-state index contributed by atoms with van der Waals surface area (Å²) in [5.74, 6) is 1.36. The van der Waals surface area contributed by atoms with Crippen molar-refractivity contribution in [3.8, 4) is 11.8 Å². The molecule has 0 spiro atoms. The first-order valence-electron chi connectivity index (χ1n) is 10.8. The van der Waals surface area contributed by atoms with Crippen LogP contribution in [0.5, 0.6) is 5.75 Å². The molecule has 2 N–H and O–H groups in total. The zero-order chi connectivity index (χ0) is 24.1. The number of aromatic nitrogens is 2. The lowest BCUT2D eigenvalue weighted by Crippen LogP contribution is -2.42. The molecule has 3 heterocycles. The summed E-state index contributed by atoms with van der Waals surface area (Å²) >= 11 is 1.34. The van der Waals surface area contributed by atoms with E-state index in [4.69, 9.17) is 9.15 Å². The summed E-state index contributed by atoms with van der Waals surface area (Å²) in [6, 6.07) is 9.56. The van der Waals surface area contributed by atoms with Crippen LogP contribution < -0.4 is 15.4 Å². The van der Waals surface area contributed by atoms with Crippen molar-refractivity contribution in [2.24, 2.45) is 0 Å². The van der Waals surface area contributed by atoms with E-state index in [2.05, 4.69) is 26.9 Å². The van der Waals surface area contributed by atoms with Crippen LogP contribution in [0, 0.1) is 18.3 Å². The highest BCUT2D eigenvalue weighted by atomic mass is 32.1. The smallest absolute Gasteiger partial charge is 0.318 e. The van der Waals surface area contributed by atoms with Crippen molar-refractivity contribution in [2.45, 2.75) is 39.3 Å². The minimum atomic E-state index is -0.253. The lowest BCUT2D eigenvalue weighted by Gasteiger charge is -2.26. The van der Waals surface area contributed by atoms with Crippen molar-refractivity contribution in [1.82, 2.24) is 20.4 Å². The van der Waals surface area contributed by atoms with Crippen LogP contribution in [-0.4, -0.2) is 40.7 Å². The van der Waals surface area contributed by atoms with Gasteiger partial charge in [0.1, 0.15) is 16.8 Å². The Bertz CT molecular complexity index is 1240. The third-order valence-corrected chi connectivity index (χ3v) is 6.57. The largest absolute Gasteiger partial charge is 0.497 e. The topological polar surface area (TPSA) is 133 Å². The summed E-state index contributed by atoms with van der Waals surface area (Å²) in [5, 5.41) is 23.5. The molecule has 176 valence electrons. The Morgan fingerprint density at radius 2 is 2.21 bits per heavy atom. The first-order valence-corrected chi connectivity index (χ1v) is 11.6. The van der Waals surface area contributed by atoms with Crippen LogP contribution in [0.1, 0.15) is 39.8 Å². The van der Waals surface area contributed by atoms with Gasteiger partial charge in [-0.3, -0.25) is 4.79 Å². The number of thiophene rings is 1. The maximum Gasteiger partial charge on any atom is 0.318 e. The highest BCUT2D eigenvalue weighted by Crippen LogP contribution is 2.36. The van der Waals surface area contributed by atoms with E-state index in [1.54, 1.807) is 18.9 Å². The Hall–Kier alpha value is -3.91. The number of amides is 3. The minimum Gasteiger partial charge on any atom is -0.497 e. The van der Waals surface area contributed by atoms with E-state index in [1.165, 1.54) is 11.3 Å². The molecule has 0 atom stereocenters. The number of urea groups is 1.